The number of nitrogens with two attached hydrogens (primary N) is 1. The van der Waals surface area contributed by atoms with Crippen LogP contribution in [0.5, 0.6) is 0 Å². The van der Waals surface area contributed by atoms with Gasteiger partial charge < -0.3 is 5.73 Å². The molecule has 1 saturated heterocycles. The maximum Gasteiger partial charge on any atom is 0.0476 e. The van der Waals surface area contributed by atoms with Crippen molar-refractivity contribution in [3.05, 3.63) is 35.4 Å². The second kappa shape index (κ2) is 7.06. The number of benzene rings is 1. The molecule has 0 radical (unpaired) electrons. The number of hydrogen-bond acceptors (Lipinski definition) is 2. The van der Waals surface area contributed by atoms with Crippen molar-refractivity contribution < 1.29 is 0 Å². The minimum atomic E-state index is 0.401. The Morgan fingerprint density at radius 3 is 2.79 bits per heavy atom. The van der Waals surface area contributed by atoms with E-state index >= 15 is 0 Å². The number of hydrogen-bond donors (Lipinski definition) is 1. The third-order valence-corrected chi connectivity index (χ3v) is 4.47. The standard InChI is InChI=1S/C17H28N2/c1-3-8-15-10-6-7-12-19(15)17(13-18)16-11-5-4-9-14(16)2/h4-5,9,11,15,17H,3,6-8,10,12-13,18H2,1-2H3. The van der Waals surface area contributed by atoms with Crippen LogP contribution in [-0.4, -0.2) is 24.0 Å². The molecule has 1 aliphatic rings. The third-order valence-electron chi connectivity index (χ3n) is 4.47. The molecule has 0 aromatic heterocycles. The topological polar surface area (TPSA) is 29.3 Å². The van der Waals surface area contributed by atoms with E-state index in [1.807, 2.05) is 0 Å². The number of nitrogens with zero attached hydrogens (tertiary/aromatic N) is 1. The lowest BCUT2D eigenvalue weighted by atomic mass is 9.92. The normalized spacial score (nSPS) is 22.4. The van der Waals surface area contributed by atoms with Crippen LogP contribution in [0.3, 0.4) is 0 Å². The maximum absolute atomic E-state index is 6.12. The summed E-state index contributed by atoms with van der Waals surface area (Å²) in [6.07, 6.45) is 6.62. The summed E-state index contributed by atoms with van der Waals surface area (Å²) in [5.41, 5.74) is 8.92. The summed E-state index contributed by atoms with van der Waals surface area (Å²) >= 11 is 0. The van der Waals surface area contributed by atoms with Crippen LogP contribution in [0, 0.1) is 6.92 Å². The Morgan fingerprint density at radius 2 is 2.11 bits per heavy atom. The van der Waals surface area contributed by atoms with Crippen LogP contribution in [0.25, 0.3) is 0 Å². The molecule has 1 aliphatic heterocycles. The van der Waals surface area contributed by atoms with Gasteiger partial charge in [0.25, 0.3) is 0 Å². The molecule has 0 bridgehead atoms. The summed E-state index contributed by atoms with van der Waals surface area (Å²) in [6.45, 7) is 6.43. The largest absolute Gasteiger partial charge is 0.329 e. The molecule has 1 fully saturated rings. The third kappa shape index (κ3) is 3.37. The second-order valence-corrected chi connectivity index (χ2v) is 5.78. The highest BCUT2D eigenvalue weighted by molar-refractivity contribution is 5.29. The van der Waals surface area contributed by atoms with Gasteiger partial charge in [-0.3, -0.25) is 4.90 Å². The van der Waals surface area contributed by atoms with Crippen molar-refractivity contribution in [2.45, 2.75) is 58.0 Å². The van der Waals surface area contributed by atoms with Gasteiger partial charge in [-0.25, -0.2) is 0 Å². The molecule has 2 N–H and O–H groups in total. The molecule has 1 aromatic carbocycles. The number of likely N-dealkylation sites (tertiary alicyclic amines) is 1. The molecule has 2 heteroatoms. The maximum atomic E-state index is 6.12. The molecule has 106 valence electrons. The van der Waals surface area contributed by atoms with Crippen molar-refractivity contribution in [3.63, 3.8) is 0 Å². The first-order valence-corrected chi connectivity index (χ1v) is 7.79. The Bertz CT molecular complexity index is 387. The van der Waals surface area contributed by atoms with E-state index in [1.165, 1.54) is 49.8 Å². The second-order valence-electron chi connectivity index (χ2n) is 5.78. The number of rotatable bonds is 5. The van der Waals surface area contributed by atoms with Crippen molar-refractivity contribution in [3.8, 4) is 0 Å². The summed E-state index contributed by atoms with van der Waals surface area (Å²) < 4.78 is 0. The van der Waals surface area contributed by atoms with Crippen LogP contribution >= 0.6 is 0 Å². The number of piperidine rings is 1. The average molecular weight is 260 g/mol. The molecule has 1 aromatic rings. The summed E-state index contributed by atoms with van der Waals surface area (Å²) in [4.78, 5) is 2.68. The molecule has 0 spiro atoms. The van der Waals surface area contributed by atoms with E-state index in [9.17, 15) is 0 Å². The SMILES string of the molecule is CCCC1CCCCN1C(CN)c1ccccc1C. The van der Waals surface area contributed by atoms with Crippen molar-refractivity contribution >= 4 is 0 Å². The molecule has 0 saturated carbocycles. The Balaban J connectivity index is 2.22. The van der Waals surface area contributed by atoms with Gasteiger partial charge in [0.05, 0.1) is 0 Å². The molecule has 19 heavy (non-hydrogen) atoms. The molecule has 1 heterocycles. The van der Waals surface area contributed by atoms with E-state index in [0.717, 1.165) is 12.6 Å². The highest BCUT2D eigenvalue weighted by atomic mass is 15.2. The van der Waals surface area contributed by atoms with Gasteiger partial charge in [0, 0.05) is 18.6 Å². The molecule has 0 amide bonds. The minimum Gasteiger partial charge on any atom is -0.329 e. The molecular formula is C17H28N2. The van der Waals surface area contributed by atoms with E-state index in [4.69, 9.17) is 5.73 Å². The number of aryl methyl sites for hydroxylation is 1. The van der Waals surface area contributed by atoms with Crippen LogP contribution < -0.4 is 5.73 Å². The summed E-state index contributed by atoms with van der Waals surface area (Å²) in [5, 5.41) is 0. The van der Waals surface area contributed by atoms with Crippen molar-refractivity contribution in [1.82, 2.24) is 4.90 Å². The fraction of sp³-hybridized carbons (Fsp3) is 0.647. The van der Waals surface area contributed by atoms with Crippen molar-refractivity contribution in [2.24, 2.45) is 5.73 Å². The monoisotopic (exact) mass is 260 g/mol. The highest BCUT2D eigenvalue weighted by Crippen LogP contribution is 2.31. The highest BCUT2D eigenvalue weighted by Gasteiger charge is 2.28. The predicted octanol–water partition coefficient (Wildman–Crippen LogP) is 3.65. The van der Waals surface area contributed by atoms with Crippen molar-refractivity contribution in [2.75, 3.05) is 13.1 Å². The molecular weight excluding hydrogens is 232 g/mol. The average Bonchev–Trinajstić information content (AvgIpc) is 2.44. The minimum absolute atomic E-state index is 0.401. The zero-order chi connectivity index (χ0) is 13.7. The van der Waals surface area contributed by atoms with Gasteiger partial charge in [-0.1, -0.05) is 44.0 Å². The van der Waals surface area contributed by atoms with Crippen molar-refractivity contribution in [1.29, 1.82) is 0 Å². The molecule has 2 unspecified atom stereocenters. The lowest BCUT2D eigenvalue weighted by Gasteiger charge is -2.41. The quantitative estimate of drug-likeness (QED) is 0.875. The van der Waals surface area contributed by atoms with Gasteiger partial charge in [0.1, 0.15) is 0 Å². The fourth-order valence-electron chi connectivity index (χ4n) is 3.48. The zero-order valence-electron chi connectivity index (χ0n) is 12.4. The smallest absolute Gasteiger partial charge is 0.0476 e. The van der Waals surface area contributed by atoms with Crippen LogP contribution in [0.4, 0.5) is 0 Å². The predicted molar refractivity (Wildman–Crippen MR) is 82.2 cm³/mol. The first-order valence-electron chi connectivity index (χ1n) is 7.79. The van der Waals surface area contributed by atoms with Crippen LogP contribution in [0.1, 0.15) is 56.2 Å². The van der Waals surface area contributed by atoms with E-state index in [2.05, 4.69) is 43.0 Å². The Hall–Kier alpha value is -0.860. The Kier molecular flexibility index (Phi) is 5.41. The van der Waals surface area contributed by atoms with Gasteiger partial charge in [-0.05, 0) is 43.9 Å². The van der Waals surface area contributed by atoms with Crippen LogP contribution in [-0.2, 0) is 0 Å². The fourth-order valence-corrected chi connectivity index (χ4v) is 3.48. The van der Waals surface area contributed by atoms with Gasteiger partial charge in [0.15, 0.2) is 0 Å². The van der Waals surface area contributed by atoms with Crippen LogP contribution in [0.15, 0.2) is 24.3 Å². The van der Waals surface area contributed by atoms with Gasteiger partial charge >= 0.3 is 0 Å². The van der Waals surface area contributed by atoms with E-state index < -0.39 is 0 Å². The molecule has 2 rings (SSSR count). The van der Waals surface area contributed by atoms with Gasteiger partial charge in [-0.15, -0.1) is 0 Å². The van der Waals surface area contributed by atoms with E-state index in [1.54, 1.807) is 0 Å². The van der Waals surface area contributed by atoms with E-state index in [-0.39, 0.29) is 0 Å². The van der Waals surface area contributed by atoms with Crippen LogP contribution in [0.2, 0.25) is 0 Å². The lowest BCUT2D eigenvalue weighted by Crippen LogP contribution is -2.44. The summed E-state index contributed by atoms with van der Waals surface area (Å²) in [7, 11) is 0. The zero-order valence-corrected chi connectivity index (χ0v) is 12.4. The molecule has 0 aliphatic carbocycles. The Labute approximate surface area is 118 Å². The summed E-state index contributed by atoms with van der Waals surface area (Å²) in [6, 6.07) is 9.85. The molecule has 2 nitrogen and oxygen atoms in total. The first-order chi connectivity index (χ1) is 9.27. The van der Waals surface area contributed by atoms with Gasteiger partial charge in [-0.2, -0.15) is 0 Å². The van der Waals surface area contributed by atoms with E-state index in [0.29, 0.717) is 6.04 Å². The van der Waals surface area contributed by atoms with Gasteiger partial charge in [0.2, 0.25) is 0 Å². The Morgan fingerprint density at radius 1 is 1.32 bits per heavy atom. The summed E-state index contributed by atoms with van der Waals surface area (Å²) in [5.74, 6) is 0. The molecule has 2 atom stereocenters. The lowest BCUT2D eigenvalue weighted by molar-refractivity contribution is 0.0910. The first kappa shape index (κ1) is 14.5.